The normalized spacial score (nSPS) is 9.94. The molecular formula is C12H12N4O. The molecule has 0 aliphatic carbocycles. The standard InChI is InChI=1S/C12H12N4O/c1-8-2-4-9(5-3-8)11-10(15-7-17)6-14-12(13)16-11/h2-7H,1H3,(H,15,17)(H2,13,14,16). The second kappa shape index (κ2) is 4.61. The third kappa shape index (κ3) is 2.39. The molecular weight excluding hydrogens is 216 g/mol. The van der Waals surface area contributed by atoms with E-state index in [0.717, 1.165) is 11.1 Å². The van der Waals surface area contributed by atoms with Crippen LogP contribution in [-0.4, -0.2) is 16.4 Å². The Hall–Kier alpha value is -2.43. The zero-order valence-corrected chi connectivity index (χ0v) is 9.34. The molecule has 0 saturated carbocycles. The molecule has 0 radical (unpaired) electrons. The Balaban J connectivity index is 2.52. The summed E-state index contributed by atoms with van der Waals surface area (Å²) in [5.41, 5.74) is 8.74. The van der Waals surface area contributed by atoms with Gasteiger partial charge in [0.2, 0.25) is 12.4 Å². The molecule has 0 spiro atoms. The molecule has 0 fully saturated rings. The minimum absolute atomic E-state index is 0.178. The Bertz CT molecular complexity index is 537. The summed E-state index contributed by atoms with van der Waals surface area (Å²) >= 11 is 0. The number of anilines is 2. The number of amides is 1. The predicted molar refractivity (Wildman–Crippen MR) is 66.3 cm³/mol. The van der Waals surface area contributed by atoms with Crippen LogP contribution in [0.1, 0.15) is 5.56 Å². The summed E-state index contributed by atoms with van der Waals surface area (Å²) in [7, 11) is 0. The van der Waals surface area contributed by atoms with Crippen molar-refractivity contribution >= 4 is 18.0 Å². The van der Waals surface area contributed by atoms with Crippen molar-refractivity contribution in [1.29, 1.82) is 0 Å². The van der Waals surface area contributed by atoms with Gasteiger partial charge in [0.15, 0.2) is 0 Å². The molecule has 17 heavy (non-hydrogen) atoms. The van der Waals surface area contributed by atoms with E-state index in [1.54, 1.807) is 0 Å². The van der Waals surface area contributed by atoms with E-state index in [1.807, 2.05) is 31.2 Å². The molecule has 0 aliphatic rings. The molecule has 3 N–H and O–H groups in total. The summed E-state index contributed by atoms with van der Waals surface area (Å²) in [6, 6.07) is 7.79. The van der Waals surface area contributed by atoms with Crippen LogP contribution in [0.2, 0.25) is 0 Å². The maximum Gasteiger partial charge on any atom is 0.220 e. The van der Waals surface area contributed by atoms with Crippen LogP contribution < -0.4 is 11.1 Å². The third-order valence-electron chi connectivity index (χ3n) is 2.35. The van der Waals surface area contributed by atoms with Crippen LogP contribution in [0.4, 0.5) is 11.6 Å². The van der Waals surface area contributed by atoms with Crippen molar-refractivity contribution in [2.45, 2.75) is 6.92 Å². The van der Waals surface area contributed by atoms with Crippen molar-refractivity contribution in [2.24, 2.45) is 0 Å². The molecule has 5 heteroatoms. The molecule has 1 amide bonds. The first-order valence-electron chi connectivity index (χ1n) is 5.10. The number of nitrogens with zero attached hydrogens (tertiary/aromatic N) is 2. The number of carbonyl (C=O) groups is 1. The lowest BCUT2D eigenvalue weighted by atomic mass is 10.1. The van der Waals surface area contributed by atoms with Crippen molar-refractivity contribution < 1.29 is 4.79 Å². The van der Waals surface area contributed by atoms with Gasteiger partial charge in [0.1, 0.15) is 0 Å². The van der Waals surface area contributed by atoms with Gasteiger partial charge in [-0.1, -0.05) is 29.8 Å². The molecule has 86 valence electrons. The van der Waals surface area contributed by atoms with Gasteiger partial charge < -0.3 is 11.1 Å². The van der Waals surface area contributed by atoms with Crippen LogP contribution in [0.3, 0.4) is 0 Å². The lowest BCUT2D eigenvalue weighted by Crippen LogP contribution is -2.03. The minimum atomic E-state index is 0.178. The summed E-state index contributed by atoms with van der Waals surface area (Å²) in [5.74, 6) is 0.178. The van der Waals surface area contributed by atoms with Gasteiger partial charge in [-0.15, -0.1) is 0 Å². The number of nitrogens with one attached hydrogen (secondary N) is 1. The summed E-state index contributed by atoms with van der Waals surface area (Å²) in [6.07, 6.45) is 2.08. The first-order valence-corrected chi connectivity index (χ1v) is 5.10. The lowest BCUT2D eigenvalue weighted by molar-refractivity contribution is -0.105. The maximum absolute atomic E-state index is 10.5. The zero-order valence-electron chi connectivity index (χ0n) is 9.34. The number of aryl methyl sites for hydroxylation is 1. The Morgan fingerprint density at radius 3 is 2.65 bits per heavy atom. The van der Waals surface area contributed by atoms with Crippen molar-refractivity contribution in [3.05, 3.63) is 36.0 Å². The molecule has 0 bridgehead atoms. The average Bonchev–Trinajstić information content (AvgIpc) is 2.33. The molecule has 0 unspecified atom stereocenters. The van der Waals surface area contributed by atoms with E-state index in [9.17, 15) is 4.79 Å². The molecule has 2 rings (SSSR count). The number of rotatable bonds is 3. The van der Waals surface area contributed by atoms with Crippen LogP contribution in [0.5, 0.6) is 0 Å². The topological polar surface area (TPSA) is 80.9 Å². The number of hydrogen-bond acceptors (Lipinski definition) is 4. The fraction of sp³-hybridized carbons (Fsp3) is 0.0833. The van der Waals surface area contributed by atoms with Crippen molar-refractivity contribution in [1.82, 2.24) is 9.97 Å². The van der Waals surface area contributed by atoms with Crippen molar-refractivity contribution in [2.75, 3.05) is 11.1 Å². The van der Waals surface area contributed by atoms with E-state index < -0.39 is 0 Å². The van der Waals surface area contributed by atoms with Crippen LogP contribution in [0, 0.1) is 6.92 Å². The van der Waals surface area contributed by atoms with E-state index in [-0.39, 0.29) is 5.95 Å². The van der Waals surface area contributed by atoms with E-state index in [0.29, 0.717) is 17.8 Å². The first kappa shape index (κ1) is 11.1. The minimum Gasteiger partial charge on any atom is -0.368 e. The van der Waals surface area contributed by atoms with Crippen LogP contribution in [-0.2, 0) is 4.79 Å². The number of aromatic nitrogens is 2. The van der Waals surface area contributed by atoms with Crippen LogP contribution >= 0.6 is 0 Å². The van der Waals surface area contributed by atoms with Gasteiger partial charge in [0, 0.05) is 5.56 Å². The summed E-state index contributed by atoms with van der Waals surface area (Å²) in [6.45, 7) is 2.00. The molecule has 1 aromatic carbocycles. The fourth-order valence-corrected chi connectivity index (χ4v) is 1.50. The Morgan fingerprint density at radius 1 is 1.29 bits per heavy atom. The van der Waals surface area contributed by atoms with Crippen molar-refractivity contribution in [3.63, 3.8) is 0 Å². The van der Waals surface area contributed by atoms with Crippen molar-refractivity contribution in [3.8, 4) is 11.3 Å². The Morgan fingerprint density at radius 2 is 2.00 bits per heavy atom. The Labute approximate surface area is 98.7 Å². The molecule has 1 heterocycles. The monoisotopic (exact) mass is 228 g/mol. The largest absolute Gasteiger partial charge is 0.368 e. The van der Waals surface area contributed by atoms with Gasteiger partial charge in [-0.2, -0.15) is 0 Å². The van der Waals surface area contributed by atoms with Gasteiger partial charge in [-0.25, -0.2) is 9.97 Å². The number of nitrogens with two attached hydrogens (primary N) is 1. The lowest BCUT2D eigenvalue weighted by Gasteiger charge is -2.07. The van der Waals surface area contributed by atoms with Gasteiger partial charge >= 0.3 is 0 Å². The van der Waals surface area contributed by atoms with Gasteiger partial charge in [0.25, 0.3) is 0 Å². The quantitative estimate of drug-likeness (QED) is 0.782. The van der Waals surface area contributed by atoms with Gasteiger partial charge in [0.05, 0.1) is 17.6 Å². The molecule has 1 aromatic heterocycles. The van der Waals surface area contributed by atoms with E-state index in [2.05, 4.69) is 15.3 Å². The second-order valence-corrected chi connectivity index (χ2v) is 3.62. The van der Waals surface area contributed by atoms with Crippen LogP contribution in [0.15, 0.2) is 30.5 Å². The number of benzene rings is 1. The fourth-order valence-electron chi connectivity index (χ4n) is 1.50. The maximum atomic E-state index is 10.5. The summed E-state index contributed by atoms with van der Waals surface area (Å²) in [5, 5.41) is 2.56. The third-order valence-corrected chi connectivity index (χ3v) is 2.35. The number of nitrogen functional groups attached to an aromatic ring is 1. The second-order valence-electron chi connectivity index (χ2n) is 3.62. The smallest absolute Gasteiger partial charge is 0.220 e. The highest BCUT2D eigenvalue weighted by Crippen LogP contribution is 2.25. The van der Waals surface area contributed by atoms with E-state index >= 15 is 0 Å². The summed E-state index contributed by atoms with van der Waals surface area (Å²) < 4.78 is 0. The zero-order chi connectivity index (χ0) is 12.3. The number of hydrogen-bond donors (Lipinski definition) is 2. The average molecular weight is 228 g/mol. The number of carbonyl (C=O) groups excluding carboxylic acids is 1. The van der Waals surface area contributed by atoms with E-state index in [4.69, 9.17) is 5.73 Å². The molecule has 0 aliphatic heterocycles. The van der Waals surface area contributed by atoms with Crippen LogP contribution in [0.25, 0.3) is 11.3 Å². The highest BCUT2D eigenvalue weighted by Gasteiger charge is 2.07. The summed E-state index contributed by atoms with van der Waals surface area (Å²) in [4.78, 5) is 18.5. The molecule has 2 aromatic rings. The first-order chi connectivity index (χ1) is 8.20. The highest BCUT2D eigenvalue weighted by molar-refractivity contribution is 5.82. The predicted octanol–water partition coefficient (Wildman–Crippen LogP) is 1.60. The molecule has 0 atom stereocenters. The SMILES string of the molecule is Cc1ccc(-c2nc(N)ncc2NC=O)cc1. The molecule has 0 saturated heterocycles. The van der Waals surface area contributed by atoms with E-state index in [1.165, 1.54) is 6.20 Å². The van der Waals surface area contributed by atoms with Gasteiger partial charge in [-0.05, 0) is 6.92 Å². The highest BCUT2D eigenvalue weighted by atomic mass is 16.1. The Kier molecular flexibility index (Phi) is 3.00. The molecule has 5 nitrogen and oxygen atoms in total. The van der Waals surface area contributed by atoms with Gasteiger partial charge in [-0.3, -0.25) is 4.79 Å².